The number of pyridine rings is 2. The summed E-state index contributed by atoms with van der Waals surface area (Å²) in [4.78, 5) is 20.0. The first-order valence-corrected chi connectivity index (χ1v) is 10.9. The molecule has 0 radical (unpaired) electrons. The molecule has 10 nitrogen and oxygen atoms in total. The van der Waals surface area contributed by atoms with Crippen molar-refractivity contribution in [3.05, 3.63) is 24.5 Å². The van der Waals surface area contributed by atoms with E-state index in [1.165, 1.54) is 13.0 Å². The average Bonchev–Trinajstić information content (AvgIpc) is 3.01. The third kappa shape index (κ3) is 3.57. The van der Waals surface area contributed by atoms with Crippen molar-refractivity contribution in [2.75, 3.05) is 24.8 Å². The van der Waals surface area contributed by atoms with Crippen molar-refractivity contribution in [3.63, 3.8) is 0 Å². The lowest BCUT2D eigenvalue weighted by Gasteiger charge is -2.26. The van der Waals surface area contributed by atoms with Crippen LogP contribution in [0, 0.1) is 0 Å². The Labute approximate surface area is 172 Å². The number of fused-ring (bicyclic) bond motifs is 2. The molecule has 158 valence electrons. The van der Waals surface area contributed by atoms with Crippen molar-refractivity contribution in [2.24, 2.45) is 7.05 Å². The number of aryl methyl sites for hydroxylation is 1. The number of nitrogens with zero attached hydrogens (tertiary/aromatic N) is 3. The number of sulfone groups is 1. The van der Waals surface area contributed by atoms with E-state index in [1.807, 2.05) is 11.6 Å². The molecule has 1 atom stereocenters. The second kappa shape index (κ2) is 7.26. The van der Waals surface area contributed by atoms with Gasteiger partial charge < -0.3 is 24.5 Å². The van der Waals surface area contributed by atoms with Crippen LogP contribution >= 0.6 is 0 Å². The van der Waals surface area contributed by atoms with E-state index < -0.39 is 15.9 Å². The summed E-state index contributed by atoms with van der Waals surface area (Å²) in [7, 11) is -1.83. The number of aliphatic hydroxyl groups excluding tert-OH is 1. The maximum absolute atomic E-state index is 12.2. The molecular weight excluding hydrogens is 412 g/mol. The summed E-state index contributed by atoms with van der Waals surface area (Å²) in [5.74, 6) is 0.574. The van der Waals surface area contributed by atoms with E-state index in [0.29, 0.717) is 16.8 Å². The van der Waals surface area contributed by atoms with Crippen LogP contribution in [0.15, 0.2) is 29.6 Å². The number of hydrogen-bond donors (Lipinski definition) is 2. The SMILES string of the molecule is CC(=O)Nc1cc2c(-c3nc(S(C)(=O)=O)cc4c3OCC(CO)O4)cn(C)c2cn1. The Morgan fingerprint density at radius 2 is 2.17 bits per heavy atom. The number of nitrogens with one attached hydrogen (secondary N) is 1. The van der Waals surface area contributed by atoms with Crippen LogP contribution in [-0.4, -0.2) is 59.5 Å². The van der Waals surface area contributed by atoms with Gasteiger partial charge in [0.1, 0.15) is 18.1 Å². The van der Waals surface area contributed by atoms with Crippen LogP contribution in [0.3, 0.4) is 0 Å². The fourth-order valence-electron chi connectivity index (χ4n) is 3.28. The number of carbonyl (C=O) groups is 1. The van der Waals surface area contributed by atoms with Crippen LogP contribution in [0.25, 0.3) is 22.2 Å². The minimum absolute atomic E-state index is 0.0971. The van der Waals surface area contributed by atoms with Gasteiger partial charge in [-0.3, -0.25) is 4.79 Å². The Morgan fingerprint density at radius 1 is 1.40 bits per heavy atom. The van der Waals surface area contributed by atoms with Crippen LogP contribution in [-0.2, 0) is 21.7 Å². The van der Waals surface area contributed by atoms with Gasteiger partial charge in [-0.15, -0.1) is 0 Å². The molecule has 3 aromatic heterocycles. The van der Waals surface area contributed by atoms with Crippen molar-refractivity contribution in [1.82, 2.24) is 14.5 Å². The van der Waals surface area contributed by atoms with E-state index >= 15 is 0 Å². The Kier molecular flexibility index (Phi) is 4.86. The molecule has 1 aliphatic heterocycles. The summed E-state index contributed by atoms with van der Waals surface area (Å²) < 4.78 is 37.8. The Bertz CT molecular complexity index is 1270. The number of carbonyl (C=O) groups excluding carboxylic acids is 1. The highest BCUT2D eigenvalue weighted by Crippen LogP contribution is 2.43. The molecule has 0 bridgehead atoms. The van der Waals surface area contributed by atoms with Crippen molar-refractivity contribution in [1.29, 1.82) is 0 Å². The van der Waals surface area contributed by atoms with E-state index in [9.17, 15) is 18.3 Å². The van der Waals surface area contributed by atoms with Crippen molar-refractivity contribution in [3.8, 4) is 22.8 Å². The summed E-state index contributed by atoms with van der Waals surface area (Å²) in [5, 5.41) is 12.6. The number of amides is 1. The molecule has 0 saturated heterocycles. The van der Waals surface area contributed by atoms with Gasteiger partial charge in [-0.25, -0.2) is 18.4 Å². The van der Waals surface area contributed by atoms with Gasteiger partial charge in [0.05, 0.1) is 18.3 Å². The first-order chi connectivity index (χ1) is 14.2. The van der Waals surface area contributed by atoms with E-state index in [2.05, 4.69) is 15.3 Å². The molecule has 3 aromatic rings. The molecule has 4 rings (SSSR count). The van der Waals surface area contributed by atoms with Crippen LogP contribution in [0.4, 0.5) is 5.82 Å². The fraction of sp³-hybridized carbons (Fsp3) is 0.316. The molecule has 0 saturated carbocycles. The maximum Gasteiger partial charge on any atom is 0.222 e. The minimum Gasteiger partial charge on any atom is -0.484 e. The van der Waals surface area contributed by atoms with Gasteiger partial charge in [0.2, 0.25) is 5.91 Å². The highest BCUT2D eigenvalue weighted by molar-refractivity contribution is 7.90. The lowest BCUT2D eigenvalue weighted by molar-refractivity contribution is -0.114. The first-order valence-electron chi connectivity index (χ1n) is 9.06. The smallest absolute Gasteiger partial charge is 0.222 e. The molecule has 30 heavy (non-hydrogen) atoms. The van der Waals surface area contributed by atoms with E-state index in [1.54, 1.807) is 18.5 Å². The quantitative estimate of drug-likeness (QED) is 0.627. The highest BCUT2D eigenvalue weighted by Gasteiger charge is 2.29. The molecule has 0 spiro atoms. The molecule has 1 amide bonds. The van der Waals surface area contributed by atoms with Crippen LogP contribution in [0.1, 0.15) is 6.92 Å². The zero-order chi connectivity index (χ0) is 21.6. The van der Waals surface area contributed by atoms with E-state index in [-0.39, 0.29) is 41.3 Å². The zero-order valence-electron chi connectivity index (χ0n) is 16.5. The zero-order valence-corrected chi connectivity index (χ0v) is 17.4. The predicted octanol–water partition coefficient (Wildman–Crippen LogP) is 1.13. The van der Waals surface area contributed by atoms with Gasteiger partial charge in [0.25, 0.3) is 0 Å². The average molecular weight is 432 g/mol. The van der Waals surface area contributed by atoms with Crippen LogP contribution < -0.4 is 14.8 Å². The number of aromatic nitrogens is 3. The fourth-order valence-corrected chi connectivity index (χ4v) is 3.86. The van der Waals surface area contributed by atoms with Gasteiger partial charge in [0, 0.05) is 43.4 Å². The molecule has 2 N–H and O–H groups in total. The van der Waals surface area contributed by atoms with Gasteiger partial charge in [0.15, 0.2) is 32.5 Å². The first kappa shape index (κ1) is 20.1. The molecule has 11 heteroatoms. The molecule has 0 aromatic carbocycles. The lowest BCUT2D eigenvalue weighted by atomic mass is 10.1. The lowest BCUT2D eigenvalue weighted by Crippen LogP contribution is -2.32. The summed E-state index contributed by atoms with van der Waals surface area (Å²) in [5.41, 5.74) is 1.63. The second-order valence-corrected chi connectivity index (χ2v) is 9.03. The normalized spacial score (nSPS) is 15.9. The van der Waals surface area contributed by atoms with E-state index in [0.717, 1.165) is 11.8 Å². The summed E-state index contributed by atoms with van der Waals surface area (Å²) in [6.07, 6.45) is 3.83. The highest BCUT2D eigenvalue weighted by atomic mass is 32.2. The van der Waals surface area contributed by atoms with Crippen molar-refractivity contribution in [2.45, 2.75) is 18.1 Å². The maximum atomic E-state index is 12.2. The predicted molar refractivity (Wildman–Crippen MR) is 108 cm³/mol. The van der Waals surface area contributed by atoms with Crippen molar-refractivity contribution < 1.29 is 27.8 Å². The van der Waals surface area contributed by atoms with E-state index in [4.69, 9.17) is 9.47 Å². The molecule has 1 unspecified atom stereocenters. The number of rotatable bonds is 4. The molecule has 1 aliphatic rings. The number of anilines is 1. The van der Waals surface area contributed by atoms with Crippen LogP contribution in [0.5, 0.6) is 11.5 Å². The number of ether oxygens (including phenoxy) is 2. The summed E-state index contributed by atoms with van der Waals surface area (Å²) in [6.45, 7) is 1.21. The summed E-state index contributed by atoms with van der Waals surface area (Å²) in [6, 6.07) is 2.98. The Balaban J connectivity index is 1.98. The van der Waals surface area contributed by atoms with Gasteiger partial charge in [-0.2, -0.15) is 0 Å². The number of aliphatic hydroxyl groups is 1. The van der Waals surface area contributed by atoms with Gasteiger partial charge in [-0.05, 0) is 6.07 Å². The minimum atomic E-state index is -3.65. The largest absolute Gasteiger partial charge is 0.484 e. The van der Waals surface area contributed by atoms with Gasteiger partial charge >= 0.3 is 0 Å². The third-order valence-corrected chi connectivity index (χ3v) is 5.61. The molecule has 0 fully saturated rings. The Morgan fingerprint density at radius 3 is 2.83 bits per heavy atom. The standard InChI is InChI=1S/C19H20N4O6S/c1-10(25)21-16-4-12-13(7-23(2)14(12)6-20-16)18-19-15(29-11(8-24)9-28-19)5-17(22-18)30(3,26)27/h4-7,11,24H,8-9H2,1-3H3,(H,20,21,25). The molecule has 0 aliphatic carbocycles. The molecule has 4 heterocycles. The third-order valence-electron chi connectivity index (χ3n) is 4.64. The van der Waals surface area contributed by atoms with Gasteiger partial charge in [-0.1, -0.05) is 0 Å². The summed E-state index contributed by atoms with van der Waals surface area (Å²) >= 11 is 0. The van der Waals surface area contributed by atoms with Crippen LogP contribution in [0.2, 0.25) is 0 Å². The second-order valence-electron chi connectivity index (χ2n) is 7.06. The van der Waals surface area contributed by atoms with Crippen molar-refractivity contribution >= 4 is 32.5 Å². The number of hydrogen-bond acceptors (Lipinski definition) is 8. The Hall–Kier alpha value is -3.18. The molecular formula is C19H20N4O6S. The monoisotopic (exact) mass is 432 g/mol. The topological polar surface area (TPSA) is 133 Å².